The summed E-state index contributed by atoms with van der Waals surface area (Å²) in [5.74, 6) is -0.0627. The number of allylic oxidation sites excluding steroid dienone is 1. The van der Waals surface area contributed by atoms with Gasteiger partial charge in [0.2, 0.25) is 0 Å². The highest BCUT2D eigenvalue weighted by molar-refractivity contribution is 9.10. The minimum atomic E-state index is -0.700. The number of halogens is 1. The van der Waals surface area contributed by atoms with Crippen molar-refractivity contribution in [3.63, 3.8) is 0 Å². The number of fused-ring (bicyclic) bond motifs is 1. The summed E-state index contributed by atoms with van der Waals surface area (Å²) in [6, 6.07) is 12.2. The summed E-state index contributed by atoms with van der Waals surface area (Å²) in [6.07, 6.45) is 0.817. The molecule has 3 aromatic rings. The van der Waals surface area contributed by atoms with Gasteiger partial charge in [0, 0.05) is 0 Å². The molecular formula is C22H20BrN3O5. The van der Waals surface area contributed by atoms with E-state index in [0.29, 0.717) is 28.1 Å². The number of nitrogens with one attached hydrogen (secondary N) is 1. The second kappa shape index (κ2) is 10.00. The summed E-state index contributed by atoms with van der Waals surface area (Å²) >= 11 is 3.37. The predicted molar refractivity (Wildman–Crippen MR) is 118 cm³/mol. The quantitative estimate of drug-likeness (QED) is 0.268. The van der Waals surface area contributed by atoms with Crippen LogP contribution in [0.15, 0.2) is 46.6 Å². The number of aromatic amines is 1. The van der Waals surface area contributed by atoms with Crippen molar-refractivity contribution in [3.05, 3.63) is 58.0 Å². The Morgan fingerprint density at radius 1 is 1.32 bits per heavy atom. The van der Waals surface area contributed by atoms with Crippen LogP contribution in [0.4, 0.5) is 0 Å². The molecule has 8 nitrogen and oxygen atoms in total. The number of nitrogens with zero attached hydrogens (tertiary/aromatic N) is 2. The molecule has 1 heterocycles. The SMILES string of the molecule is CCCOc1c(Br)cc(C(=O)OC/C(O)=C(\C#N)c2nc3ccccc3[nH]2)cc1OC. The number of hydrogen-bond donors (Lipinski definition) is 2. The van der Waals surface area contributed by atoms with Crippen LogP contribution in [0.2, 0.25) is 0 Å². The number of nitriles is 1. The Morgan fingerprint density at radius 3 is 2.77 bits per heavy atom. The van der Waals surface area contributed by atoms with Gasteiger partial charge in [0.05, 0.1) is 34.8 Å². The molecule has 0 unspecified atom stereocenters. The average Bonchev–Trinajstić information content (AvgIpc) is 3.20. The van der Waals surface area contributed by atoms with Crippen LogP contribution in [0.3, 0.4) is 0 Å². The Balaban J connectivity index is 1.78. The standard InChI is InChI=1S/C22H20BrN3O5/c1-3-8-30-20-15(23)9-13(10-19(20)29-2)22(28)31-12-18(27)14(11-24)21-25-16-6-4-5-7-17(16)26-21/h4-7,9-10,27H,3,8,12H2,1-2H3,(H,25,26)/b18-14-. The summed E-state index contributed by atoms with van der Waals surface area (Å²) < 4.78 is 16.7. The lowest BCUT2D eigenvalue weighted by Gasteiger charge is -2.13. The number of esters is 1. The number of hydrogen-bond acceptors (Lipinski definition) is 7. The number of ether oxygens (including phenoxy) is 3. The third-order valence-corrected chi connectivity index (χ3v) is 4.87. The summed E-state index contributed by atoms with van der Waals surface area (Å²) in [7, 11) is 1.47. The van der Waals surface area contributed by atoms with Crippen molar-refractivity contribution in [1.29, 1.82) is 5.26 Å². The lowest BCUT2D eigenvalue weighted by Crippen LogP contribution is -2.10. The maximum absolute atomic E-state index is 12.5. The first-order chi connectivity index (χ1) is 15.0. The zero-order valence-electron chi connectivity index (χ0n) is 16.9. The van der Waals surface area contributed by atoms with Crippen molar-refractivity contribution in [2.45, 2.75) is 13.3 Å². The monoisotopic (exact) mass is 485 g/mol. The van der Waals surface area contributed by atoms with E-state index < -0.39 is 18.3 Å². The van der Waals surface area contributed by atoms with Crippen molar-refractivity contribution >= 4 is 38.5 Å². The van der Waals surface area contributed by atoms with Crippen molar-refractivity contribution < 1.29 is 24.1 Å². The first kappa shape index (κ1) is 22.2. The molecule has 0 aliphatic rings. The topological polar surface area (TPSA) is 117 Å². The number of H-pyrrole nitrogens is 1. The van der Waals surface area contributed by atoms with Gasteiger partial charge in [-0.05, 0) is 46.6 Å². The fourth-order valence-electron chi connectivity index (χ4n) is 2.80. The van der Waals surface area contributed by atoms with Gasteiger partial charge in [0.25, 0.3) is 0 Å². The molecule has 0 amide bonds. The molecule has 0 spiro atoms. The lowest BCUT2D eigenvalue weighted by molar-refractivity contribution is 0.0502. The smallest absolute Gasteiger partial charge is 0.338 e. The maximum atomic E-state index is 12.5. The van der Waals surface area contributed by atoms with Crippen LogP contribution in [-0.4, -0.2) is 41.4 Å². The van der Waals surface area contributed by atoms with Gasteiger partial charge in [-0.25, -0.2) is 9.78 Å². The van der Waals surface area contributed by atoms with Gasteiger partial charge in [0.15, 0.2) is 23.1 Å². The van der Waals surface area contributed by atoms with Crippen molar-refractivity contribution in [2.75, 3.05) is 20.3 Å². The molecule has 2 aromatic carbocycles. The number of carbonyl (C=O) groups is 1. The summed E-state index contributed by atoms with van der Waals surface area (Å²) in [5, 5.41) is 19.8. The number of aliphatic hydroxyl groups is 1. The van der Waals surface area contributed by atoms with Crippen LogP contribution >= 0.6 is 15.9 Å². The number of imidazole rings is 1. The van der Waals surface area contributed by atoms with E-state index in [-0.39, 0.29) is 17.0 Å². The number of methoxy groups -OCH3 is 1. The van der Waals surface area contributed by atoms with Crippen LogP contribution in [0.1, 0.15) is 29.5 Å². The molecule has 0 aliphatic heterocycles. The molecule has 0 saturated heterocycles. The maximum Gasteiger partial charge on any atom is 0.338 e. The second-order valence-electron chi connectivity index (χ2n) is 6.45. The number of para-hydroxylation sites is 2. The van der Waals surface area contributed by atoms with Crippen molar-refractivity contribution in [3.8, 4) is 17.6 Å². The van der Waals surface area contributed by atoms with E-state index >= 15 is 0 Å². The van der Waals surface area contributed by atoms with Gasteiger partial charge < -0.3 is 24.3 Å². The number of aliphatic hydroxyl groups excluding tert-OH is 1. The van der Waals surface area contributed by atoms with E-state index in [2.05, 4.69) is 25.9 Å². The molecule has 0 aliphatic carbocycles. The Hall–Kier alpha value is -3.51. The lowest BCUT2D eigenvalue weighted by atomic mass is 10.2. The minimum Gasteiger partial charge on any atom is -0.507 e. The number of rotatable bonds is 8. The third-order valence-electron chi connectivity index (χ3n) is 4.28. The zero-order chi connectivity index (χ0) is 22.4. The molecule has 2 N–H and O–H groups in total. The highest BCUT2D eigenvalue weighted by Gasteiger charge is 2.19. The van der Waals surface area contributed by atoms with E-state index in [1.165, 1.54) is 13.2 Å². The number of benzene rings is 2. The molecule has 9 heteroatoms. The van der Waals surface area contributed by atoms with Gasteiger partial charge in [-0.1, -0.05) is 19.1 Å². The van der Waals surface area contributed by atoms with Crippen molar-refractivity contribution in [2.24, 2.45) is 0 Å². The number of aromatic nitrogens is 2. The Labute approximate surface area is 187 Å². The first-order valence-electron chi connectivity index (χ1n) is 9.43. The van der Waals surface area contributed by atoms with Gasteiger partial charge in [0.1, 0.15) is 18.2 Å². The second-order valence-corrected chi connectivity index (χ2v) is 7.30. The normalized spacial score (nSPS) is 11.5. The molecule has 31 heavy (non-hydrogen) atoms. The predicted octanol–water partition coefficient (Wildman–Crippen LogP) is 4.77. The van der Waals surface area contributed by atoms with E-state index in [1.54, 1.807) is 18.2 Å². The van der Waals surface area contributed by atoms with Crippen LogP contribution < -0.4 is 9.47 Å². The fraction of sp³-hybridized carbons (Fsp3) is 0.227. The third kappa shape index (κ3) is 4.98. The van der Waals surface area contributed by atoms with Gasteiger partial charge in [-0.15, -0.1) is 0 Å². The molecule has 0 radical (unpaired) electrons. The summed E-state index contributed by atoms with van der Waals surface area (Å²) in [5.41, 5.74) is 1.46. The molecule has 0 saturated carbocycles. The highest BCUT2D eigenvalue weighted by Crippen LogP contribution is 2.37. The minimum absolute atomic E-state index is 0.105. The van der Waals surface area contributed by atoms with E-state index in [4.69, 9.17) is 14.2 Å². The molecular weight excluding hydrogens is 466 g/mol. The van der Waals surface area contributed by atoms with Crippen LogP contribution in [0, 0.1) is 11.3 Å². The fourth-order valence-corrected chi connectivity index (χ4v) is 3.35. The average molecular weight is 486 g/mol. The zero-order valence-corrected chi connectivity index (χ0v) is 18.5. The Bertz CT molecular complexity index is 1150. The summed E-state index contributed by atoms with van der Waals surface area (Å²) in [6.45, 7) is 1.98. The molecule has 0 bridgehead atoms. The first-order valence-corrected chi connectivity index (χ1v) is 10.2. The number of carbonyl (C=O) groups excluding carboxylic acids is 1. The van der Waals surface area contributed by atoms with Gasteiger partial charge >= 0.3 is 5.97 Å². The molecule has 0 atom stereocenters. The van der Waals surface area contributed by atoms with E-state index in [9.17, 15) is 15.2 Å². The molecule has 1 aromatic heterocycles. The Kier molecular flexibility index (Phi) is 7.15. The van der Waals surface area contributed by atoms with E-state index in [0.717, 1.165) is 11.9 Å². The summed E-state index contributed by atoms with van der Waals surface area (Å²) in [4.78, 5) is 19.8. The van der Waals surface area contributed by atoms with Crippen molar-refractivity contribution in [1.82, 2.24) is 9.97 Å². The molecule has 0 fully saturated rings. The highest BCUT2D eigenvalue weighted by atomic mass is 79.9. The van der Waals surface area contributed by atoms with Crippen LogP contribution in [0.25, 0.3) is 16.6 Å². The van der Waals surface area contributed by atoms with Crippen LogP contribution in [0.5, 0.6) is 11.5 Å². The Morgan fingerprint density at radius 2 is 2.10 bits per heavy atom. The van der Waals surface area contributed by atoms with Gasteiger partial charge in [-0.3, -0.25) is 0 Å². The molecule has 3 rings (SSSR count). The van der Waals surface area contributed by atoms with E-state index in [1.807, 2.05) is 25.1 Å². The van der Waals surface area contributed by atoms with Gasteiger partial charge in [-0.2, -0.15) is 5.26 Å². The molecule has 160 valence electrons. The largest absolute Gasteiger partial charge is 0.507 e. The van der Waals surface area contributed by atoms with Crippen LogP contribution in [-0.2, 0) is 4.74 Å².